The monoisotopic (exact) mass is 318 g/mol. The number of carboxylic acid groups (broad SMARTS) is 1. The minimum Gasteiger partial charge on any atom is -0.481 e. The third-order valence-electron chi connectivity index (χ3n) is 3.80. The Bertz CT molecular complexity index is 722. The molecule has 0 saturated heterocycles. The summed E-state index contributed by atoms with van der Waals surface area (Å²) in [5.41, 5.74) is 1.04. The van der Waals surface area contributed by atoms with Crippen LogP contribution in [0.3, 0.4) is 0 Å². The van der Waals surface area contributed by atoms with Crippen LogP contribution in [0, 0.1) is 5.82 Å². The summed E-state index contributed by atoms with van der Waals surface area (Å²) in [6.07, 6.45) is 3.16. The van der Waals surface area contributed by atoms with Gasteiger partial charge in [0.05, 0.1) is 11.6 Å². The molecule has 1 unspecified atom stereocenters. The highest BCUT2D eigenvalue weighted by molar-refractivity contribution is 5.93. The summed E-state index contributed by atoms with van der Waals surface area (Å²) in [4.78, 5) is 27.6. The average Bonchev–Trinajstić information content (AvgIpc) is 3.25. The molecule has 0 spiro atoms. The van der Waals surface area contributed by atoms with Crippen LogP contribution in [0.15, 0.2) is 35.1 Å². The molecule has 1 saturated carbocycles. The fraction of sp³-hybridized carbons (Fsp3) is 0.312. The van der Waals surface area contributed by atoms with Crippen molar-refractivity contribution in [2.75, 3.05) is 6.54 Å². The normalized spacial score (nSPS) is 15.2. The van der Waals surface area contributed by atoms with Gasteiger partial charge >= 0.3 is 5.97 Å². The zero-order valence-corrected chi connectivity index (χ0v) is 12.2. The molecule has 1 fully saturated rings. The molecule has 23 heavy (non-hydrogen) atoms. The summed E-state index contributed by atoms with van der Waals surface area (Å²) in [5, 5.41) is 11.9. The molecule has 7 heteroatoms. The Balaban J connectivity index is 1.69. The van der Waals surface area contributed by atoms with E-state index >= 15 is 0 Å². The van der Waals surface area contributed by atoms with Crippen molar-refractivity contribution in [2.24, 2.45) is 0 Å². The zero-order chi connectivity index (χ0) is 16.4. The van der Waals surface area contributed by atoms with Gasteiger partial charge in [-0.25, -0.2) is 9.37 Å². The molecule has 1 aliphatic carbocycles. The van der Waals surface area contributed by atoms with E-state index < -0.39 is 23.6 Å². The van der Waals surface area contributed by atoms with Crippen molar-refractivity contribution < 1.29 is 23.5 Å². The Morgan fingerprint density at radius 3 is 2.65 bits per heavy atom. The van der Waals surface area contributed by atoms with Crippen LogP contribution in [0.4, 0.5) is 4.39 Å². The van der Waals surface area contributed by atoms with E-state index in [1.165, 1.54) is 30.7 Å². The number of carbonyl (C=O) groups is 2. The lowest BCUT2D eigenvalue weighted by atomic mass is 9.99. The molecule has 1 heterocycles. The van der Waals surface area contributed by atoms with E-state index in [0.29, 0.717) is 11.3 Å². The first-order valence-corrected chi connectivity index (χ1v) is 7.26. The number of aliphatic carboxylic acids is 1. The van der Waals surface area contributed by atoms with Crippen molar-refractivity contribution in [2.45, 2.75) is 24.7 Å². The number of amides is 1. The molecule has 0 bridgehead atoms. The topological polar surface area (TPSA) is 92.4 Å². The van der Waals surface area contributed by atoms with Crippen molar-refractivity contribution >= 4 is 11.9 Å². The van der Waals surface area contributed by atoms with E-state index in [2.05, 4.69) is 10.3 Å². The number of benzene rings is 1. The van der Waals surface area contributed by atoms with Crippen LogP contribution in [0.5, 0.6) is 0 Å². The Morgan fingerprint density at radius 2 is 2.04 bits per heavy atom. The van der Waals surface area contributed by atoms with Gasteiger partial charge in [0.2, 0.25) is 5.76 Å². The Kier molecular flexibility index (Phi) is 4.10. The minimum absolute atomic E-state index is 0.120. The van der Waals surface area contributed by atoms with Crippen LogP contribution in [0.2, 0.25) is 0 Å². The SMILES string of the molecule is O=C(NCC(C(=O)O)c1ccc(F)cc1)c1ocnc1C1CC1. The molecule has 0 radical (unpaired) electrons. The van der Waals surface area contributed by atoms with E-state index in [1.807, 2.05) is 0 Å². The number of carboxylic acids is 1. The van der Waals surface area contributed by atoms with E-state index in [4.69, 9.17) is 4.42 Å². The predicted molar refractivity (Wildman–Crippen MR) is 77.6 cm³/mol. The van der Waals surface area contributed by atoms with E-state index in [1.54, 1.807) is 0 Å². The molecule has 120 valence electrons. The molecule has 3 rings (SSSR count). The number of rotatable bonds is 6. The summed E-state index contributed by atoms with van der Waals surface area (Å²) in [6.45, 7) is -0.120. The van der Waals surface area contributed by atoms with E-state index in [-0.39, 0.29) is 18.2 Å². The fourth-order valence-electron chi connectivity index (χ4n) is 2.39. The predicted octanol–water partition coefficient (Wildman–Crippen LogP) is 2.29. The maximum absolute atomic E-state index is 12.9. The molecular weight excluding hydrogens is 303 g/mol. The summed E-state index contributed by atoms with van der Waals surface area (Å²) in [5.74, 6) is -2.61. The molecule has 0 aliphatic heterocycles. The number of carbonyl (C=O) groups excluding carboxylic acids is 1. The van der Waals surface area contributed by atoms with Gasteiger partial charge in [-0.1, -0.05) is 12.1 Å². The first-order valence-electron chi connectivity index (χ1n) is 7.26. The van der Waals surface area contributed by atoms with Gasteiger partial charge in [0.1, 0.15) is 5.82 Å². The van der Waals surface area contributed by atoms with Crippen LogP contribution < -0.4 is 5.32 Å². The van der Waals surface area contributed by atoms with Gasteiger partial charge < -0.3 is 14.8 Å². The Hall–Kier alpha value is -2.70. The molecule has 6 nitrogen and oxygen atoms in total. The van der Waals surface area contributed by atoms with Gasteiger partial charge in [-0.2, -0.15) is 0 Å². The lowest BCUT2D eigenvalue weighted by Crippen LogP contribution is -2.32. The highest BCUT2D eigenvalue weighted by Gasteiger charge is 2.32. The van der Waals surface area contributed by atoms with Crippen LogP contribution in [0.25, 0.3) is 0 Å². The van der Waals surface area contributed by atoms with Gasteiger partial charge in [0.25, 0.3) is 5.91 Å². The Labute approximate surface area is 131 Å². The first kappa shape index (κ1) is 15.2. The smallest absolute Gasteiger partial charge is 0.312 e. The van der Waals surface area contributed by atoms with E-state index in [9.17, 15) is 19.1 Å². The van der Waals surface area contributed by atoms with E-state index in [0.717, 1.165) is 12.8 Å². The first-order chi connectivity index (χ1) is 11.1. The molecular formula is C16H15FN2O4. The van der Waals surface area contributed by atoms with Crippen LogP contribution >= 0.6 is 0 Å². The zero-order valence-electron chi connectivity index (χ0n) is 12.2. The maximum atomic E-state index is 12.9. The van der Waals surface area contributed by atoms with Gasteiger partial charge in [-0.15, -0.1) is 0 Å². The van der Waals surface area contributed by atoms with Crippen molar-refractivity contribution in [3.05, 3.63) is 53.5 Å². The van der Waals surface area contributed by atoms with Crippen LogP contribution in [-0.4, -0.2) is 28.5 Å². The highest BCUT2D eigenvalue weighted by atomic mass is 19.1. The maximum Gasteiger partial charge on any atom is 0.312 e. The molecule has 2 N–H and O–H groups in total. The summed E-state index contributed by atoms with van der Waals surface area (Å²) >= 11 is 0. The second kappa shape index (κ2) is 6.20. The van der Waals surface area contributed by atoms with Gasteiger partial charge in [-0.05, 0) is 30.5 Å². The van der Waals surface area contributed by atoms with Gasteiger partial charge in [0.15, 0.2) is 6.39 Å². The average molecular weight is 318 g/mol. The largest absolute Gasteiger partial charge is 0.481 e. The standard InChI is InChI=1S/C16H15FN2O4/c17-11-5-3-9(4-6-11)12(16(21)22)7-18-15(20)14-13(10-1-2-10)19-8-23-14/h3-6,8,10,12H,1-2,7H2,(H,18,20)(H,21,22). The van der Waals surface area contributed by atoms with Crippen molar-refractivity contribution in [1.29, 1.82) is 0 Å². The quantitative estimate of drug-likeness (QED) is 0.852. The fourth-order valence-corrected chi connectivity index (χ4v) is 2.39. The van der Waals surface area contributed by atoms with Crippen molar-refractivity contribution in [1.82, 2.24) is 10.3 Å². The van der Waals surface area contributed by atoms with Crippen molar-refractivity contribution in [3.8, 4) is 0 Å². The number of aromatic nitrogens is 1. The summed E-state index contributed by atoms with van der Waals surface area (Å²) < 4.78 is 18.1. The summed E-state index contributed by atoms with van der Waals surface area (Å²) in [7, 11) is 0. The van der Waals surface area contributed by atoms with Gasteiger partial charge in [0, 0.05) is 12.5 Å². The summed E-state index contributed by atoms with van der Waals surface area (Å²) in [6, 6.07) is 5.16. The third-order valence-corrected chi connectivity index (χ3v) is 3.80. The van der Waals surface area contributed by atoms with Gasteiger partial charge in [-0.3, -0.25) is 9.59 Å². The molecule has 1 atom stereocenters. The van der Waals surface area contributed by atoms with Crippen LogP contribution in [-0.2, 0) is 4.79 Å². The second-order valence-corrected chi connectivity index (χ2v) is 5.49. The number of hydrogen-bond acceptors (Lipinski definition) is 4. The highest BCUT2D eigenvalue weighted by Crippen LogP contribution is 2.40. The van der Waals surface area contributed by atoms with Crippen LogP contribution in [0.1, 0.15) is 46.5 Å². The molecule has 1 aromatic heterocycles. The molecule has 1 aliphatic rings. The Morgan fingerprint density at radius 1 is 1.35 bits per heavy atom. The lowest BCUT2D eigenvalue weighted by Gasteiger charge is -2.13. The van der Waals surface area contributed by atoms with Crippen molar-refractivity contribution in [3.63, 3.8) is 0 Å². The number of nitrogens with zero attached hydrogens (tertiary/aromatic N) is 1. The second-order valence-electron chi connectivity index (χ2n) is 5.49. The third kappa shape index (κ3) is 3.39. The number of hydrogen-bond donors (Lipinski definition) is 2. The number of halogens is 1. The molecule has 1 aromatic carbocycles. The number of oxazole rings is 1. The number of nitrogens with one attached hydrogen (secondary N) is 1. The lowest BCUT2D eigenvalue weighted by molar-refractivity contribution is -0.138. The molecule has 1 amide bonds. The molecule has 2 aromatic rings. The minimum atomic E-state index is -1.10.